The van der Waals surface area contributed by atoms with Crippen LogP contribution >= 0.6 is 0 Å². The van der Waals surface area contributed by atoms with Gasteiger partial charge in [0.1, 0.15) is 5.75 Å². The van der Waals surface area contributed by atoms with Gasteiger partial charge in [-0.05, 0) is 119 Å². The van der Waals surface area contributed by atoms with Gasteiger partial charge in [-0.2, -0.15) is 8.78 Å². The Morgan fingerprint density at radius 2 is 1.32 bits per heavy atom. The highest BCUT2D eigenvalue weighted by Crippen LogP contribution is 2.38. The Balaban J connectivity index is 1.11. The third kappa shape index (κ3) is 8.43. The Morgan fingerprint density at radius 1 is 0.757 bits per heavy atom. The standard InChI is InChI=1S/C30H41F5O2/c31-18-17-24-9-7-22(8-10-24)2-1-21-3-5-23(6-4-21)11-12-25-13-16-29(36-20-25)30(34,35)37-26-14-15-27(32)28(33)19-26/h1-2,14-15,19,21-25,29H,3-13,16-18,20H2/b2-1+. The van der Waals surface area contributed by atoms with Gasteiger partial charge in [-0.1, -0.05) is 18.6 Å². The number of ether oxygens (including phenoxy) is 2. The lowest BCUT2D eigenvalue weighted by Gasteiger charge is -2.34. The second-order valence-corrected chi connectivity index (χ2v) is 11.5. The van der Waals surface area contributed by atoms with Crippen LogP contribution in [0.2, 0.25) is 0 Å². The highest BCUT2D eigenvalue weighted by Gasteiger charge is 2.45. The molecule has 7 heteroatoms. The fraction of sp³-hybridized carbons (Fsp3) is 0.733. The molecule has 2 nitrogen and oxygen atoms in total. The largest absolute Gasteiger partial charge is 0.431 e. The van der Waals surface area contributed by atoms with E-state index in [0.717, 1.165) is 44.2 Å². The third-order valence-corrected chi connectivity index (χ3v) is 8.83. The molecule has 3 fully saturated rings. The van der Waals surface area contributed by atoms with Crippen molar-refractivity contribution >= 4 is 0 Å². The van der Waals surface area contributed by atoms with E-state index in [0.29, 0.717) is 36.2 Å². The van der Waals surface area contributed by atoms with Crippen LogP contribution in [-0.2, 0) is 4.74 Å². The molecule has 2 unspecified atom stereocenters. The Hall–Kier alpha value is -1.63. The van der Waals surface area contributed by atoms with E-state index in [1.165, 1.54) is 38.5 Å². The zero-order valence-corrected chi connectivity index (χ0v) is 21.7. The second-order valence-electron chi connectivity index (χ2n) is 11.5. The van der Waals surface area contributed by atoms with Gasteiger partial charge < -0.3 is 9.47 Å². The number of alkyl halides is 3. The molecule has 0 amide bonds. The fourth-order valence-electron chi connectivity index (χ4n) is 6.34. The first-order chi connectivity index (χ1) is 17.8. The number of rotatable bonds is 10. The van der Waals surface area contributed by atoms with Crippen molar-refractivity contribution in [3.05, 3.63) is 42.0 Å². The molecular formula is C30H41F5O2. The molecule has 2 saturated carbocycles. The number of halogens is 5. The smallest absolute Gasteiger partial charge is 0.424 e. The van der Waals surface area contributed by atoms with Gasteiger partial charge in [0.05, 0.1) is 13.3 Å². The zero-order valence-electron chi connectivity index (χ0n) is 21.7. The molecule has 1 saturated heterocycles. The summed E-state index contributed by atoms with van der Waals surface area (Å²) in [6.07, 6.45) is 13.1. The van der Waals surface area contributed by atoms with E-state index in [9.17, 15) is 22.0 Å². The van der Waals surface area contributed by atoms with Crippen molar-refractivity contribution in [1.82, 2.24) is 0 Å². The maximum atomic E-state index is 14.5. The van der Waals surface area contributed by atoms with Gasteiger partial charge in [-0.15, -0.1) is 0 Å². The summed E-state index contributed by atoms with van der Waals surface area (Å²) in [5.74, 6) is 0.118. The summed E-state index contributed by atoms with van der Waals surface area (Å²) in [6.45, 7) is 0.0861. The number of benzene rings is 1. The van der Waals surface area contributed by atoms with Crippen LogP contribution in [-0.4, -0.2) is 25.5 Å². The number of hydrogen-bond donors (Lipinski definition) is 0. The van der Waals surface area contributed by atoms with Gasteiger partial charge in [0, 0.05) is 6.07 Å². The maximum absolute atomic E-state index is 14.5. The molecule has 1 heterocycles. The van der Waals surface area contributed by atoms with E-state index < -0.39 is 29.6 Å². The average Bonchev–Trinajstić information content (AvgIpc) is 2.90. The number of hydrogen-bond acceptors (Lipinski definition) is 2. The molecule has 37 heavy (non-hydrogen) atoms. The molecule has 4 rings (SSSR count). The zero-order chi connectivity index (χ0) is 26.3. The summed E-state index contributed by atoms with van der Waals surface area (Å²) in [4.78, 5) is 0. The van der Waals surface area contributed by atoms with Crippen molar-refractivity contribution in [3.8, 4) is 5.75 Å². The highest BCUT2D eigenvalue weighted by atomic mass is 19.3. The molecule has 0 N–H and O–H groups in total. The lowest BCUT2D eigenvalue weighted by Crippen LogP contribution is -2.44. The van der Waals surface area contributed by atoms with E-state index in [1.807, 2.05) is 0 Å². The Kier molecular flexibility index (Phi) is 10.3. The summed E-state index contributed by atoms with van der Waals surface area (Å²) in [5, 5.41) is 0. The average molecular weight is 529 g/mol. The predicted molar refractivity (Wildman–Crippen MR) is 134 cm³/mol. The lowest BCUT2D eigenvalue weighted by molar-refractivity contribution is -0.265. The molecule has 0 aromatic heterocycles. The number of allylic oxidation sites excluding steroid dienone is 2. The van der Waals surface area contributed by atoms with E-state index in [1.54, 1.807) is 0 Å². The summed E-state index contributed by atoms with van der Waals surface area (Å²) >= 11 is 0. The van der Waals surface area contributed by atoms with Crippen LogP contribution in [0.5, 0.6) is 5.75 Å². The molecule has 0 radical (unpaired) electrons. The van der Waals surface area contributed by atoms with Crippen molar-refractivity contribution in [2.75, 3.05) is 13.3 Å². The molecule has 208 valence electrons. The first-order valence-corrected chi connectivity index (χ1v) is 14.2. The van der Waals surface area contributed by atoms with Crippen molar-refractivity contribution in [2.45, 2.75) is 95.7 Å². The van der Waals surface area contributed by atoms with Crippen LogP contribution in [0.25, 0.3) is 0 Å². The molecule has 1 aliphatic heterocycles. The molecule has 2 aliphatic carbocycles. The summed E-state index contributed by atoms with van der Waals surface area (Å²) in [5.41, 5.74) is 0. The van der Waals surface area contributed by atoms with Crippen LogP contribution in [0.3, 0.4) is 0 Å². The van der Waals surface area contributed by atoms with E-state index in [2.05, 4.69) is 16.9 Å². The third-order valence-electron chi connectivity index (χ3n) is 8.83. The topological polar surface area (TPSA) is 18.5 Å². The van der Waals surface area contributed by atoms with Crippen molar-refractivity contribution in [1.29, 1.82) is 0 Å². The summed E-state index contributed by atoms with van der Waals surface area (Å²) in [6, 6.07) is 2.38. The first-order valence-electron chi connectivity index (χ1n) is 14.2. The van der Waals surface area contributed by atoms with Gasteiger partial charge in [-0.25, -0.2) is 8.78 Å². The van der Waals surface area contributed by atoms with Gasteiger partial charge in [-0.3, -0.25) is 4.39 Å². The van der Waals surface area contributed by atoms with E-state index >= 15 is 0 Å². The molecule has 1 aromatic carbocycles. The molecular weight excluding hydrogens is 487 g/mol. The van der Waals surface area contributed by atoms with Gasteiger partial charge in [0.25, 0.3) is 0 Å². The lowest BCUT2D eigenvalue weighted by atomic mass is 9.77. The van der Waals surface area contributed by atoms with Crippen molar-refractivity contribution in [2.24, 2.45) is 29.6 Å². The van der Waals surface area contributed by atoms with E-state index in [4.69, 9.17) is 4.74 Å². The summed E-state index contributed by atoms with van der Waals surface area (Å²) in [7, 11) is 0. The van der Waals surface area contributed by atoms with E-state index in [-0.39, 0.29) is 25.6 Å². The highest BCUT2D eigenvalue weighted by molar-refractivity contribution is 5.24. The van der Waals surface area contributed by atoms with Gasteiger partial charge in [0.15, 0.2) is 17.7 Å². The predicted octanol–water partition coefficient (Wildman–Crippen LogP) is 9.04. The Bertz CT molecular complexity index is 852. The van der Waals surface area contributed by atoms with Crippen LogP contribution in [0.4, 0.5) is 22.0 Å². The molecule has 1 aromatic rings. The minimum Gasteiger partial charge on any atom is -0.431 e. The Labute approximate surface area is 218 Å². The minimum absolute atomic E-state index is 0.175. The van der Waals surface area contributed by atoms with Crippen LogP contribution in [0, 0.1) is 41.2 Å². The Morgan fingerprint density at radius 3 is 1.86 bits per heavy atom. The molecule has 2 atom stereocenters. The summed E-state index contributed by atoms with van der Waals surface area (Å²) < 4.78 is 78.1. The van der Waals surface area contributed by atoms with Crippen LogP contribution in [0.15, 0.2) is 30.4 Å². The molecule has 0 spiro atoms. The normalized spacial score (nSPS) is 31.5. The van der Waals surface area contributed by atoms with Gasteiger partial charge >= 0.3 is 6.11 Å². The first kappa shape index (κ1) is 28.4. The van der Waals surface area contributed by atoms with Crippen LogP contribution in [0.1, 0.15) is 83.5 Å². The molecule has 3 aliphatic rings. The SMILES string of the molecule is FCCC1CCC(/C=C/C2CCC(CCC3CCC(C(F)(F)Oc4ccc(F)c(F)c4)OC3)CC2)CC1. The van der Waals surface area contributed by atoms with Gasteiger partial charge in [0.2, 0.25) is 0 Å². The minimum atomic E-state index is -3.60. The quantitative estimate of drug-likeness (QED) is 0.223. The van der Waals surface area contributed by atoms with Crippen molar-refractivity contribution in [3.63, 3.8) is 0 Å². The monoisotopic (exact) mass is 528 g/mol. The molecule has 0 bridgehead atoms. The maximum Gasteiger partial charge on any atom is 0.424 e. The fourth-order valence-corrected chi connectivity index (χ4v) is 6.34. The second kappa shape index (κ2) is 13.4. The van der Waals surface area contributed by atoms with Crippen molar-refractivity contribution < 1.29 is 31.4 Å². The van der Waals surface area contributed by atoms with Crippen LogP contribution < -0.4 is 4.74 Å².